The van der Waals surface area contributed by atoms with Crippen molar-refractivity contribution in [2.24, 2.45) is 0 Å². The van der Waals surface area contributed by atoms with Crippen molar-refractivity contribution in [2.45, 2.75) is 0 Å². The lowest BCUT2D eigenvalue weighted by Crippen LogP contribution is -2.00. The van der Waals surface area contributed by atoms with Crippen LogP contribution in [0.1, 0.15) is 0 Å². The Labute approximate surface area is 319 Å². The molecule has 0 bridgehead atoms. The van der Waals surface area contributed by atoms with E-state index in [1.54, 1.807) is 0 Å². The molecule has 10 rings (SSSR count). The van der Waals surface area contributed by atoms with Gasteiger partial charge in [-0.3, -0.25) is 0 Å². The summed E-state index contributed by atoms with van der Waals surface area (Å²) in [5.41, 5.74) is 13.4. The molecule has 8 aromatic carbocycles. The van der Waals surface area contributed by atoms with E-state index in [9.17, 15) is 0 Å². The monoisotopic (exact) mass is 703 g/mol. The summed E-state index contributed by atoms with van der Waals surface area (Å²) >= 11 is 0. The standard InChI is InChI=1S/C51H33N3O/c1-4-13-34(14-5-1)36-25-27-37(28-26-36)40-20-11-22-42(32-40)50-52-49(41-21-10-19-39(31-41)35-15-6-2-7-16-35)53-51(54-50)43-29-30-45-47(33-43)55-46-24-12-23-44(48(45)46)38-17-8-3-9-18-38/h1-33H. The Morgan fingerprint density at radius 1 is 0.273 bits per heavy atom. The van der Waals surface area contributed by atoms with Crippen LogP contribution in [0.5, 0.6) is 0 Å². The van der Waals surface area contributed by atoms with Crippen LogP contribution in [0.4, 0.5) is 0 Å². The van der Waals surface area contributed by atoms with Crippen molar-refractivity contribution in [3.05, 3.63) is 200 Å². The Bertz CT molecular complexity index is 2950. The van der Waals surface area contributed by atoms with Gasteiger partial charge in [0.15, 0.2) is 17.5 Å². The van der Waals surface area contributed by atoms with Gasteiger partial charge in [0.25, 0.3) is 0 Å². The van der Waals surface area contributed by atoms with Gasteiger partial charge < -0.3 is 4.42 Å². The van der Waals surface area contributed by atoms with Crippen LogP contribution < -0.4 is 0 Å². The highest BCUT2D eigenvalue weighted by atomic mass is 16.3. The summed E-state index contributed by atoms with van der Waals surface area (Å²) in [6.07, 6.45) is 0. The van der Waals surface area contributed by atoms with Gasteiger partial charge in [-0.15, -0.1) is 0 Å². The molecule has 0 aliphatic rings. The second kappa shape index (κ2) is 13.8. The highest BCUT2D eigenvalue weighted by Gasteiger charge is 2.17. The van der Waals surface area contributed by atoms with Crippen LogP contribution in [-0.2, 0) is 0 Å². The Hall–Kier alpha value is -7.43. The zero-order valence-corrected chi connectivity index (χ0v) is 29.8. The molecule has 0 unspecified atom stereocenters. The first-order chi connectivity index (χ1) is 27.2. The van der Waals surface area contributed by atoms with Crippen molar-refractivity contribution in [1.29, 1.82) is 0 Å². The van der Waals surface area contributed by atoms with Crippen LogP contribution in [0.2, 0.25) is 0 Å². The SMILES string of the molecule is c1ccc(-c2ccc(-c3cccc(-c4nc(-c5cccc(-c6ccccc6)c5)nc(-c5ccc6c(c5)oc5cccc(-c7ccccc7)c56)n4)c3)cc2)cc1. The van der Waals surface area contributed by atoms with Crippen LogP contribution in [0.3, 0.4) is 0 Å². The molecule has 0 spiro atoms. The lowest BCUT2D eigenvalue weighted by atomic mass is 9.99. The highest BCUT2D eigenvalue weighted by Crippen LogP contribution is 2.38. The number of furan rings is 1. The summed E-state index contributed by atoms with van der Waals surface area (Å²) < 4.78 is 6.50. The first-order valence-corrected chi connectivity index (χ1v) is 18.4. The van der Waals surface area contributed by atoms with E-state index in [1.807, 2.05) is 30.3 Å². The van der Waals surface area contributed by atoms with E-state index in [2.05, 4.69) is 170 Å². The van der Waals surface area contributed by atoms with E-state index < -0.39 is 0 Å². The lowest BCUT2D eigenvalue weighted by molar-refractivity contribution is 0.669. The van der Waals surface area contributed by atoms with Crippen molar-refractivity contribution in [3.8, 4) is 78.7 Å². The van der Waals surface area contributed by atoms with Crippen molar-refractivity contribution >= 4 is 21.9 Å². The van der Waals surface area contributed by atoms with E-state index in [0.29, 0.717) is 17.5 Å². The quantitative estimate of drug-likeness (QED) is 0.166. The van der Waals surface area contributed by atoms with Crippen molar-refractivity contribution in [2.75, 3.05) is 0 Å². The molecule has 4 nitrogen and oxygen atoms in total. The average molecular weight is 704 g/mol. The molecule has 2 heterocycles. The summed E-state index contributed by atoms with van der Waals surface area (Å²) in [6.45, 7) is 0. The molecule has 0 aliphatic carbocycles. The van der Waals surface area contributed by atoms with Crippen molar-refractivity contribution in [1.82, 2.24) is 15.0 Å². The minimum absolute atomic E-state index is 0.577. The Balaban J connectivity index is 1.09. The van der Waals surface area contributed by atoms with Crippen LogP contribution >= 0.6 is 0 Å². The predicted octanol–water partition coefficient (Wildman–Crippen LogP) is 13.4. The molecule has 0 aliphatic heterocycles. The summed E-state index contributed by atoms with van der Waals surface area (Å²) in [7, 11) is 0. The fraction of sp³-hybridized carbons (Fsp3) is 0. The van der Waals surface area contributed by atoms with Gasteiger partial charge in [0.05, 0.1) is 0 Å². The molecule has 0 saturated heterocycles. The number of benzene rings is 8. The van der Waals surface area contributed by atoms with Gasteiger partial charge >= 0.3 is 0 Å². The van der Waals surface area contributed by atoms with Crippen LogP contribution in [0.15, 0.2) is 205 Å². The summed E-state index contributed by atoms with van der Waals surface area (Å²) in [5.74, 6) is 1.78. The van der Waals surface area contributed by atoms with E-state index in [4.69, 9.17) is 19.4 Å². The van der Waals surface area contributed by atoms with Gasteiger partial charge in [0.1, 0.15) is 11.2 Å². The maximum absolute atomic E-state index is 6.50. The number of fused-ring (bicyclic) bond motifs is 3. The Kier molecular flexibility index (Phi) is 8.12. The average Bonchev–Trinajstić information content (AvgIpc) is 3.66. The molecule has 0 radical (unpaired) electrons. The third-order valence-electron chi connectivity index (χ3n) is 10.1. The van der Waals surface area contributed by atoms with Gasteiger partial charge in [-0.05, 0) is 74.8 Å². The Morgan fingerprint density at radius 3 is 1.24 bits per heavy atom. The van der Waals surface area contributed by atoms with Gasteiger partial charge in [0.2, 0.25) is 0 Å². The molecule has 10 aromatic rings. The molecular weight excluding hydrogens is 671 g/mol. The number of hydrogen-bond acceptors (Lipinski definition) is 4. The van der Waals surface area contributed by atoms with E-state index in [1.165, 1.54) is 11.1 Å². The minimum Gasteiger partial charge on any atom is -0.456 e. The van der Waals surface area contributed by atoms with E-state index >= 15 is 0 Å². The first-order valence-electron chi connectivity index (χ1n) is 18.4. The zero-order chi connectivity index (χ0) is 36.6. The highest BCUT2D eigenvalue weighted by molar-refractivity contribution is 6.13. The van der Waals surface area contributed by atoms with Crippen LogP contribution in [0.25, 0.3) is 101 Å². The molecule has 55 heavy (non-hydrogen) atoms. The van der Waals surface area contributed by atoms with Crippen LogP contribution in [-0.4, -0.2) is 15.0 Å². The second-order valence-corrected chi connectivity index (χ2v) is 13.6. The molecule has 0 saturated carbocycles. The van der Waals surface area contributed by atoms with Gasteiger partial charge in [0, 0.05) is 27.5 Å². The maximum Gasteiger partial charge on any atom is 0.164 e. The lowest BCUT2D eigenvalue weighted by Gasteiger charge is -2.11. The van der Waals surface area contributed by atoms with E-state index in [0.717, 1.165) is 72.0 Å². The number of nitrogens with zero attached hydrogens (tertiary/aromatic N) is 3. The molecule has 0 atom stereocenters. The van der Waals surface area contributed by atoms with Gasteiger partial charge in [-0.25, -0.2) is 15.0 Å². The number of hydrogen-bond donors (Lipinski definition) is 0. The molecular formula is C51H33N3O. The summed E-state index contributed by atoms with van der Waals surface area (Å²) in [5, 5.41) is 2.15. The topological polar surface area (TPSA) is 51.8 Å². The molecule has 0 N–H and O–H groups in total. The number of aromatic nitrogens is 3. The molecule has 4 heteroatoms. The predicted molar refractivity (Wildman–Crippen MR) is 225 cm³/mol. The third kappa shape index (κ3) is 6.26. The van der Waals surface area contributed by atoms with Gasteiger partial charge in [-0.2, -0.15) is 0 Å². The fourth-order valence-corrected chi connectivity index (χ4v) is 7.38. The largest absolute Gasteiger partial charge is 0.456 e. The normalized spacial score (nSPS) is 11.3. The fourth-order valence-electron chi connectivity index (χ4n) is 7.38. The van der Waals surface area contributed by atoms with Gasteiger partial charge in [-0.1, -0.05) is 170 Å². The minimum atomic E-state index is 0.577. The summed E-state index contributed by atoms with van der Waals surface area (Å²) in [4.78, 5) is 15.4. The van der Waals surface area contributed by atoms with Crippen molar-refractivity contribution in [3.63, 3.8) is 0 Å². The smallest absolute Gasteiger partial charge is 0.164 e. The van der Waals surface area contributed by atoms with Crippen LogP contribution in [0, 0.1) is 0 Å². The molecule has 0 amide bonds. The maximum atomic E-state index is 6.50. The molecule has 258 valence electrons. The Morgan fingerprint density at radius 2 is 0.673 bits per heavy atom. The number of rotatable bonds is 7. The third-order valence-corrected chi connectivity index (χ3v) is 10.1. The molecule has 2 aromatic heterocycles. The zero-order valence-electron chi connectivity index (χ0n) is 29.8. The first kappa shape index (κ1) is 32.2. The second-order valence-electron chi connectivity index (χ2n) is 13.6. The summed E-state index contributed by atoms with van der Waals surface area (Å²) in [6, 6.07) is 69.3. The van der Waals surface area contributed by atoms with Crippen molar-refractivity contribution < 1.29 is 4.42 Å². The van der Waals surface area contributed by atoms with E-state index in [-0.39, 0.29) is 0 Å². The molecule has 0 fully saturated rings.